The van der Waals surface area contributed by atoms with Crippen LogP contribution in [0.1, 0.15) is 153 Å². The molecule has 12 aromatic carbocycles. The minimum atomic E-state index is -1.25. The molecule has 13 aromatic rings. The van der Waals surface area contributed by atoms with Gasteiger partial charge in [0.2, 0.25) is 11.8 Å². The number of rotatable bonds is 20. The molecule has 2 saturated heterocycles. The molecule has 2 amide bonds. The second kappa shape index (κ2) is 48.8. The predicted octanol–water partition coefficient (Wildman–Crippen LogP) is 17.7. The number of aromatic hydroxyl groups is 3. The van der Waals surface area contributed by atoms with E-state index in [0.29, 0.717) is 60.5 Å². The second-order valence-corrected chi connectivity index (χ2v) is 34.3. The van der Waals surface area contributed by atoms with Crippen molar-refractivity contribution in [1.29, 1.82) is 0 Å². The number of hydrogen-bond donors (Lipinski definition) is 7. The lowest BCUT2D eigenvalue weighted by molar-refractivity contribution is -0.385. The molecule has 0 saturated carbocycles. The first kappa shape index (κ1) is 109. The van der Waals surface area contributed by atoms with Crippen LogP contribution in [0.25, 0.3) is 43.1 Å². The van der Waals surface area contributed by atoms with Gasteiger partial charge in [-0.1, -0.05) is 175 Å². The molecule has 0 spiro atoms. The Bertz CT molecular complexity index is 7260. The molecule has 148 heavy (non-hydrogen) atoms. The van der Waals surface area contributed by atoms with Crippen LogP contribution in [0.15, 0.2) is 294 Å². The number of fused-ring (bicyclic) bond motifs is 11. The van der Waals surface area contributed by atoms with Gasteiger partial charge in [0.15, 0.2) is 0 Å². The summed E-state index contributed by atoms with van der Waals surface area (Å²) < 4.78 is 50.3. The molecule has 764 valence electrons. The van der Waals surface area contributed by atoms with Crippen molar-refractivity contribution >= 4 is 132 Å². The fourth-order valence-electron chi connectivity index (χ4n) is 18.0. The molecule has 8 N–H and O–H groups in total. The average Bonchev–Trinajstić information content (AvgIpc) is 1.55. The molecule has 6 aliphatic rings. The molecule has 2 fully saturated rings. The number of non-ortho nitro benzene ring substituents is 2. The third kappa shape index (κ3) is 23.5. The Balaban J connectivity index is 0.000000159. The van der Waals surface area contributed by atoms with E-state index < -0.39 is 63.6 Å². The van der Waals surface area contributed by atoms with Crippen LogP contribution in [0.4, 0.5) is 17.1 Å². The lowest BCUT2D eigenvalue weighted by Crippen LogP contribution is -2.62. The van der Waals surface area contributed by atoms with Crippen molar-refractivity contribution < 1.29 is 150 Å². The lowest BCUT2D eigenvalue weighted by atomic mass is 9.74. The summed E-state index contributed by atoms with van der Waals surface area (Å²) in [6.07, 6.45) is 7.21. The maximum Gasteiger partial charge on any atom is 0.373 e. The molecule has 38 heteroatoms. The first-order valence-corrected chi connectivity index (χ1v) is 45.7. The van der Waals surface area contributed by atoms with Crippen molar-refractivity contribution in [1.82, 2.24) is 9.80 Å². The fourth-order valence-corrected chi connectivity index (χ4v) is 18.0. The van der Waals surface area contributed by atoms with Gasteiger partial charge >= 0.3 is 59.7 Å². The number of nitrogens with zero attached hydrogens (tertiary/aromatic N) is 4. The highest BCUT2D eigenvalue weighted by atomic mass is 17.1. The monoisotopic (exact) mass is 2020 g/mol. The number of carbonyl (C=O) groups is 12. The summed E-state index contributed by atoms with van der Waals surface area (Å²) in [5, 5.41) is 82.7. The number of carbonyl (C=O) groups excluding carboxylic acids is 11. The first-order valence-electron chi connectivity index (χ1n) is 45.7. The second-order valence-electron chi connectivity index (χ2n) is 34.3. The maximum atomic E-state index is 13.4. The molecule has 7 heterocycles. The molecule has 8 atom stereocenters. The van der Waals surface area contributed by atoms with E-state index in [4.69, 9.17) is 44.5 Å². The average molecular weight is 2020 g/mol. The van der Waals surface area contributed by atoms with Gasteiger partial charge in [-0.2, -0.15) is 5.26 Å². The number of carboxylic acid groups (broad SMARTS) is 1. The van der Waals surface area contributed by atoms with E-state index >= 15 is 0 Å². The van der Waals surface area contributed by atoms with Gasteiger partial charge < -0.3 is 88.1 Å². The van der Waals surface area contributed by atoms with E-state index in [0.717, 1.165) is 57.1 Å². The van der Waals surface area contributed by atoms with Crippen molar-refractivity contribution in [3.8, 4) is 23.0 Å². The number of aromatic carboxylic acids is 1. The van der Waals surface area contributed by atoms with Crippen LogP contribution < -0.4 is 10.5 Å². The third-order valence-electron chi connectivity index (χ3n) is 25.1. The van der Waals surface area contributed by atoms with Gasteiger partial charge in [-0.3, -0.25) is 34.7 Å². The Hall–Kier alpha value is -18.1. The third-order valence-corrected chi connectivity index (χ3v) is 25.1. The predicted molar refractivity (Wildman–Crippen MR) is 533 cm³/mol. The smallest absolute Gasteiger partial charge is 0.373 e. The van der Waals surface area contributed by atoms with Gasteiger partial charge in [-0.25, -0.2) is 47.9 Å². The number of carboxylic acids is 1. The van der Waals surface area contributed by atoms with Crippen LogP contribution in [-0.4, -0.2) is 183 Å². The quantitative estimate of drug-likeness (QED) is 0.00429. The van der Waals surface area contributed by atoms with Gasteiger partial charge in [-0.15, -0.1) is 0 Å². The van der Waals surface area contributed by atoms with E-state index in [-0.39, 0.29) is 171 Å². The molecule has 0 aliphatic carbocycles. The number of phenols is 3. The molecule has 19 rings (SSSR count). The van der Waals surface area contributed by atoms with Gasteiger partial charge in [0.05, 0.1) is 132 Å². The number of nitro groups is 2. The van der Waals surface area contributed by atoms with E-state index in [1.165, 1.54) is 99.9 Å². The number of β-lactam (4-membered cyclic amide) rings is 2. The van der Waals surface area contributed by atoms with E-state index in [2.05, 4.69) is 23.5 Å². The summed E-state index contributed by atoms with van der Waals surface area (Å²) in [6.45, 7) is 11.6. The van der Waals surface area contributed by atoms with Gasteiger partial charge in [0.1, 0.15) is 53.2 Å². The summed E-state index contributed by atoms with van der Waals surface area (Å²) in [7, 11) is 6.72. The van der Waals surface area contributed by atoms with E-state index in [1.807, 2.05) is 120 Å². The fraction of sp³-hybridized carbons (Fsp3) is 0.218. The number of phenolic OH excluding ortho intramolecular Hbond substituents is 3. The van der Waals surface area contributed by atoms with Crippen LogP contribution in [0.3, 0.4) is 0 Å². The number of aliphatic hydroxyl groups is 1. The molecular formula is C110H101N5O33. The van der Waals surface area contributed by atoms with E-state index in [9.17, 15) is 98.2 Å². The number of anilines is 1. The van der Waals surface area contributed by atoms with Gasteiger partial charge in [0.25, 0.3) is 11.4 Å². The minimum Gasteiger partial charge on any atom is -0.507 e. The van der Waals surface area contributed by atoms with Crippen molar-refractivity contribution in [2.45, 2.75) is 72.4 Å². The Morgan fingerprint density at radius 1 is 0.439 bits per heavy atom. The number of nitrogens with two attached hydrogens (primary N) is 1. The minimum absolute atomic E-state index is 0.00423. The summed E-state index contributed by atoms with van der Waals surface area (Å²) in [5.74, 6) is -7.92. The van der Waals surface area contributed by atoms with Crippen molar-refractivity contribution in [2.24, 2.45) is 35.5 Å². The molecule has 2 unspecified atom stereocenters. The Morgan fingerprint density at radius 2 is 0.845 bits per heavy atom. The maximum absolute atomic E-state index is 13.4. The number of ether oxygens (including phenoxy) is 9. The van der Waals surface area contributed by atoms with Crippen LogP contribution in [-0.2, 0) is 68.6 Å². The van der Waals surface area contributed by atoms with Crippen LogP contribution >= 0.6 is 0 Å². The molecule has 38 nitrogen and oxygen atoms in total. The van der Waals surface area contributed by atoms with Crippen molar-refractivity contribution in [2.75, 3.05) is 54.5 Å². The van der Waals surface area contributed by atoms with Gasteiger partial charge in [-0.05, 0) is 147 Å². The number of benzene rings is 12. The van der Waals surface area contributed by atoms with Crippen molar-refractivity contribution in [3.05, 3.63) is 371 Å². The molecule has 0 radical (unpaired) electrons. The number of hydrogen-bond acceptors (Lipinski definition) is 33. The summed E-state index contributed by atoms with van der Waals surface area (Å²) >= 11 is 0. The van der Waals surface area contributed by atoms with Crippen LogP contribution in [0.2, 0.25) is 0 Å². The number of methoxy groups -OCH3 is 5. The summed E-state index contributed by atoms with van der Waals surface area (Å²) in [5.41, 5.74) is 10.5. The molecule has 6 aliphatic heterocycles. The molecule has 1 aromatic heterocycles. The molecule has 2 bridgehead atoms. The Morgan fingerprint density at radius 3 is 1.32 bits per heavy atom. The number of furan rings is 1. The topological polar surface area (TPSA) is 550 Å². The largest absolute Gasteiger partial charge is 0.507 e. The summed E-state index contributed by atoms with van der Waals surface area (Å²) in [6, 6.07) is 63.7. The SMILES string of the molecule is CC(C)[C@H]1C(=O)N2C(C(=O)OC(=O)c3ccc([N+](=O)[O-])cc3)=C(COc3cccc4c(CO)cccc34)[C@H](C)[C@H]12.COC(=O)c1cccc(N)c1C(=O)O.COC(=O)c1cccc2c(O)cccc12.COC(=O)c1cccc2c1C1C=CC2O1.COC(=O)c1cccc2cccc(O)c12.COCC1=C(C(=O)OC(=O)c2ccc([N+](=O)[O-])cc2)N2C(=O)[C@H](C(C)C)[C@H]2[C@H]1C.O=C(OO)c1cccc2c(O)cccc12.c1ccoc1. The standard InChI is InChI=1S/C30H28N2O8.C20H22N2O7.3C12H10O3.C11H8O4.C9H9NO4.C4H4O/c1-16(2)25-26-17(3)23(15-39-24-9-5-7-21-19(14-33)6-4-8-22(21)24)27(31(26)28(25)34)30(36)40-29(35)18-10-12-20(13-11-18)32(37)38;1-10(2)15-16-11(3)14(9-28-4)17(21(16)18(15)23)20(25)29-19(24)12-5-7-13(8-6-12)22(26)27;1-14-12(13)8-4-2-3-7-9-5-6-10(15-9)11(7)8;1-15-12(14)10-6-2-5-9-8(10)4-3-7-11(9)13;1-15-12(14)9-6-2-4-8-5-3-7-10(13)11(8)9;12-10-6-2-3-7-8(10)4-1-5-9(7)11(13)15-14;1-14-9(13)5-3-2-4-6(10)7(5)8(11)12;1-2-4-5-3-1/h4-13,16-17,25-26,33H,14-15H2,1-3H3;5-8,10-11,15-16H,9H2,1-4H3;2-6,9-10H,1H3;2*2-7,13H,1H3;1-6,12,14H;2-4H,10H2,1H3,(H,11,12);1-4H/t17-,25+,26+;11-,15+,16+;;;;;;/m00....../s1. The molecular weight excluding hydrogens is 1920 g/mol. The first-order chi connectivity index (χ1) is 70.9. The zero-order valence-electron chi connectivity index (χ0n) is 81.4. The van der Waals surface area contributed by atoms with Crippen LogP contribution in [0, 0.1) is 55.7 Å². The Labute approximate surface area is 844 Å². The Kier molecular flexibility index (Phi) is 35.8. The zero-order chi connectivity index (χ0) is 107. The highest BCUT2D eigenvalue weighted by Gasteiger charge is 2.61. The van der Waals surface area contributed by atoms with Crippen molar-refractivity contribution in [3.63, 3.8) is 0 Å². The number of esters is 8. The highest BCUT2D eigenvalue weighted by Crippen LogP contribution is 2.52. The number of aliphatic hydroxyl groups excluding tert-OH is 1. The van der Waals surface area contributed by atoms with Gasteiger partial charge in [0, 0.05) is 81.6 Å². The summed E-state index contributed by atoms with van der Waals surface area (Å²) in [4.78, 5) is 171. The number of nitro benzene ring substituents is 2. The van der Waals surface area contributed by atoms with Crippen LogP contribution in [0.5, 0.6) is 23.0 Å². The highest BCUT2D eigenvalue weighted by molar-refractivity contribution is 6.11. The number of amides is 2. The van der Waals surface area contributed by atoms with E-state index in [1.54, 1.807) is 110 Å². The number of nitrogen functional groups attached to an aromatic ring is 1. The zero-order valence-corrected chi connectivity index (χ0v) is 81.4. The normalized spacial score (nSPS) is 16.8. The lowest BCUT2D eigenvalue weighted by Gasteiger charge is -2.47.